The van der Waals surface area contributed by atoms with Crippen molar-refractivity contribution in [3.63, 3.8) is 0 Å². The third-order valence-electron chi connectivity index (χ3n) is 5.11. The fourth-order valence-electron chi connectivity index (χ4n) is 3.36. The summed E-state index contributed by atoms with van der Waals surface area (Å²) in [5.74, 6) is -0.619. The van der Waals surface area contributed by atoms with Gasteiger partial charge in [0.1, 0.15) is 11.8 Å². The third kappa shape index (κ3) is 5.63. The number of fused-ring (bicyclic) bond motifs is 1. The minimum Gasteiger partial charge on any atom is -0.507 e. The number of rotatable bonds is 10. The number of aliphatic carboxylic acids is 1. The standard InChI is InChI=1S/C25H26N2O5/c1-32-23-11-6-8-18(24(23)29)15-27-21(25(30)31)10-4-5-14-26-16-20-19-9-3-2-7-17(19)12-13-22(20)28/h2-3,6-9,11-13,15-16,21,28-29H,4-5,10,14H2,1H3,(H,30,31)/t21-/m0/s1. The van der Waals surface area contributed by atoms with Gasteiger partial charge in [0, 0.05) is 30.1 Å². The lowest BCUT2D eigenvalue weighted by Gasteiger charge is -2.08. The molecule has 0 amide bonds. The van der Waals surface area contributed by atoms with Gasteiger partial charge in [0.05, 0.1) is 7.11 Å². The number of hydrogen-bond acceptors (Lipinski definition) is 6. The van der Waals surface area contributed by atoms with Crippen LogP contribution >= 0.6 is 0 Å². The van der Waals surface area contributed by atoms with Gasteiger partial charge in [-0.1, -0.05) is 36.4 Å². The number of phenolic OH excluding ortho intramolecular Hbond substituents is 2. The van der Waals surface area contributed by atoms with Crippen LogP contribution in [0.2, 0.25) is 0 Å². The highest BCUT2D eigenvalue weighted by molar-refractivity contribution is 6.02. The highest BCUT2D eigenvalue weighted by Crippen LogP contribution is 2.28. The second-order valence-electron chi connectivity index (χ2n) is 7.28. The van der Waals surface area contributed by atoms with Crippen molar-refractivity contribution in [2.75, 3.05) is 13.7 Å². The molecule has 0 unspecified atom stereocenters. The largest absolute Gasteiger partial charge is 0.507 e. The Morgan fingerprint density at radius 2 is 1.84 bits per heavy atom. The Labute approximate surface area is 186 Å². The third-order valence-corrected chi connectivity index (χ3v) is 5.11. The number of nitrogens with zero attached hydrogens (tertiary/aromatic N) is 2. The van der Waals surface area contributed by atoms with Crippen molar-refractivity contribution in [2.24, 2.45) is 9.98 Å². The van der Waals surface area contributed by atoms with E-state index in [0.29, 0.717) is 42.7 Å². The van der Waals surface area contributed by atoms with E-state index in [9.17, 15) is 20.1 Å². The van der Waals surface area contributed by atoms with Crippen LogP contribution in [0.25, 0.3) is 10.8 Å². The number of unbranched alkanes of at least 4 members (excludes halogenated alkanes) is 1. The number of aromatic hydroxyl groups is 2. The van der Waals surface area contributed by atoms with Crippen LogP contribution in [0.3, 0.4) is 0 Å². The van der Waals surface area contributed by atoms with Crippen molar-refractivity contribution >= 4 is 29.2 Å². The lowest BCUT2D eigenvalue weighted by molar-refractivity contribution is -0.138. The van der Waals surface area contributed by atoms with Gasteiger partial charge in [-0.2, -0.15) is 0 Å². The molecule has 166 valence electrons. The Morgan fingerprint density at radius 3 is 2.62 bits per heavy atom. The topological polar surface area (TPSA) is 112 Å². The van der Waals surface area contributed by atoms with E-state index in [0.717, 1.165) is 10.8 Å². The summed E-state index contributed by atoms with van der Waals surface area (Å²) < 4.78 is 5.05. The molecule has 0 aliphatic carbocycles. The van der Waals surface area contributed by atoms with Crippen LogP contribution in [0.15, 0.2) is 64.6 Å². The number of benzene rings is 3. The molecule has 0 bridgehead atoms. The van der Waals surface area contributed by atoms with E-state index in [-0.39, 0.29) is 11.5 Å². The molecule has 1 atom stereocenters. The van der Waals surface area contributed by atoms with E-state index in [4.69, 9.17) is 4.74 Å². The molecule has 3 aromatic rings. The molecule has 3 N–H and O–H groups in total. The summed E-state index contributed by atoms with van der Waals surface area (Å²) in [5.41, 5.74) is 1.07. The van der Waals surface area contributed by atoms with Gasteiger partial charge in [-0.25, -0.2) is 4.79 Å². The Hall–Kier alpha value is -3.87. The molecular weight excluding hydrogens is 408 g/mol. The highest BCUT2D eigenvalue weighted by atomic mass is 16.5. The molecule has 0 spiro atoms. The van der Waals surface area contributed by atoms with Gasteiger partial charge in [0.2, 0.25) is 0 Å². The maximum Gasteiger partial charge on any atom is 0.328 e. The summed E-state index contributed by atoms with van der Waals surface area (Å²) >= 11 is 0. The van der Waals surface area contributed by atoms with E-state index >= 15 is 0 Å². The number of phenols is 2. The smallest absolute Gasteiger partial charge is 0.328 e. The normalized spacial score (nSPS) is 12.5. The molecule has 3 rings (SSSR count). The molecule has 0 saturated carbocycles. The van der Waals surface area contributed by atoms with Crippen molar-refractivity contribution in [2.45, 2.75) is 25.3 Å². The predicted octanol–water partition coefficient (Wildman–Crippen LogP) is 4.42. The minimum absolute atomic E-state index is 0.0751. The summed E-state index contributed by atoms with van der Waals surface area (Å²) in [6.45, 7) is 0.509. The van der Waals surface area contributed by atoms with Crippen molar-refractivity contribution < 1.29 is 24.9 Å². The molecule has 3 aromatic carbocycles. The molecule has 0 aliphatic rings. The average Bonchev–Trinajstić information content (AvgIpc) is 2.79. The van der Waals surface area contributed by atoms with E-state index in [1.165, 1.54) is 13.3 Å². The first kappa shape index (κ1) is 22.8. The van der Waals surface area contributed by atoms with Crippen molar-refractivity contribution in [1.82, 2.24) is 0 Å². The Morgan fingerprint density at radius 1 is 1.03 bits per heavy atom. The second kappa shape index (κ2) is 10.9. The maximum absolute atomic E-state index is 11.5. The first-order valence-electron chi connectivity index (χ1n) is 10.3. The number of ether oxygens (including phenoxy) is 1. The van der Waals surface area contributed by atoms with Crippen LogP contribution in [0.4, 0.5) is 0 Å². The first-order valence-corrected chi connectivity index (χ1v) is 10.3. The molecular formula is C25H26N2O5. The van der Waals surface area contributed by atoms with Crippen LogP contribution in [0, 0.1) is 0 Å². The lowest BCUT2D eigenvalue weighted by atomic mass is 10.0. The predicted molar refractivity (Wildman–Crippen MR) is 126 cm³/mol. The van der Waals surface area contributed by atoms with Crippen LogP contribution in [0.1, 0.15) is 30.4 Å². The zero-order valence-corrected chi connectivity index (χ0v) is 17.8. The SMILES string of the molecule is COc1cccc(C=N[C@@H](CCCCN=Cc2c(O)ccc3ccccc23)C(=O)O)c1O. The van der Waals surface area contributed by atoms with Gasteiger partial charge < -0.3 is 20.1 Å². The summed E-state index contributed by atoms with van der Waals surface area (Å²) in [6, 6.07) is 15.3. The number of para-hydroxylation sites is 1. The minimum atomic E-state index is -1.02. The van der Waals surface area contributed by atoms with Gasteiger partial charge in [-0.15, -0.1) is 0 Å². The number of carboxylic acids is 1. The summed E-state index contributed by atoms with van der Waals surface area (Å²) in [4.78, 5) is 20.1. The number of carbonyl (C=O) groups is 1. The van der Waals surface area contributed by atoms with Crippen LogP contribution in [0.5, 0.6) is 17.2 Å². The van der Waals surface area contributed by atoms with Gasteiger partial charge >= 0.3 is 5.97 Å². The molecule has 0 heterocycles. The van der Waals surface area contributed by atoms with Crippen LogP contribution < -0.4 is 4.74 Å². The Bertz CT molecular complexity index is 1140. The number of hydrogen-bond donors (Lipinski definition) is 3. The molecule has 0 fully saturated rings. The summed E-state index contributed by atoms with van der Waals surface area (Å²) in [7, 11) is 1.44. The van der Waals surface area contributed by atoms with Crippen molar-refractivity contribution in [1.29, 1.82) is 0 Å². The number of carboxylic acid groups (broad SMARTS) is 1. The lowest BCUT2D eigenvalue weighted by Crippen LogP contribution is -2.18. The first-order chi connectivity index (χ1) is 15.5. The fourth-order valence-corrected chi connectivity index (χ4v) is 3.36. The molecule has 7 heteroatoms. The second-order valence-corrected chi connectivity index (χ2v) is 7.28. The van der Waals surface area contributed by atoms with Gasteiger partial charge in [0.25, 0.3) is 0 Å². The van der Waals surface area contributed by atoms with Gasteiger partial charge in [-0.3, -0.25) is 9.98 Å². The van der Waals surface area contributed by atoms with E-state index in [2.05, 4.69) is 9.98 Å². The summed E-state index contributed by atoms with van der Waals surface area (Å²) in [6.07, 6.45) is 4.68. The van der Waals surface area contributed by atoms with E-state index in [1.807, 2.05) is 30.3 Å². The van der Waals surface area contributed by atoms with Crippen LogP contribution in [-0.4, -0.2) is 53.4 Å². The number of aliphatic imine (C=N–C) groups is 2. The monoisotopic (exact) mass is 434 g/mol. The zero-order valence-electron chi connectivity index (χ0n) is 17.8. The molecule has 0 aromatic heterocycles. The van der Waals surface area contributed by atoms with E-state index < -0.39 is 12.0 Å². The Kier molecular flexibility index (Phi) is 7.80. The fraction of sp³-hybridized carbons (Fsp3) is 0.240. The zero-order chi connectivity index (χ0) is 22.9. The Balaban J connectivity index is 1.55. The van der Waals surface area contributed by atoms with Gasteiger partial charge in [0.15, 0.2) is 11.5 Å². The molecule has 0 aliphatic heterocycles. The molecule has 32 heavy (non-hydrogen) atoms. The van der Waals surface area contributed by atoms with E-state index in [1.54, 1.807) is 30.5 Å². The quantitative estimate of drug-likeness (QED) is 0.323. The molecule has 0 radical (unpaired) electrons. The summed E-state index contributed by atoms with van der Waals surface area (Å²) in [5, 5.41) is 31.6. The van der Waals surface area contributed by atoms with Crippen molar-refractivity contribution in [3.8, 4) is 17.2 Å². The van der Waals surface area contributed by atoms with Crippen molar-refractivity contribution in [3.05, 3.63) is 65.7 Å². The average molecular weight is 434 g/mol. The maximum atomic E-state index is 11.5. The molecule has 7 nitrogen and oxygen atoms in total. The molecule has 0 saturated heterocycles. The van der Waals surface area contributed by atoms with Gasteiger partial charge in [-0.05, 0) is 48.2 Å². The van der Waals surface area contributed by atoms with Crippen LogP contribution in [-0.2, 0) is 4.79 Å². The number of methoxy groups -OCH3 is 1. The highest BCUT2D eigenvalue weighted by Gasteiger charge is 2.15.